The van der Waals surface area contributed by atoms with Gasteiger partial charge >= 0.3 is 11.8 Å². The summed E-state index contributed by atoms with van der Waals surface area (Å²) in [5.74, 6) is 0.895. The Morgan fingerprint density at radius 1 is 1.27 bits per heavy atom. The molecule has 2 heterocycles. The smallest absolute Gasteiger partial charge is 0.316 e. The fraction of sp³-hybridized carbons (Fsp3) is 0.526. The van der Waals surface area contributed by atoms with Gasteiger partial charge in [0.2, 0.25) is 5.82 Å². The lowest BCUT2D eigenvalue weighted by Gasteiger charge is -2.32. The third kappa shape index (κ3) is 4.60. The van der Waals surface area contributed by atoms with Gasteiger partial charge in [-0.05, 0) is 57.1 Å². The number of nitrogens with one attached hydrogen (secondary N) is 1. The average molecular weight is 357 g/mol. The van der Waals surface area contributed by atoms with Crippen molar-refractivity contribution in [2.45, 2.75) is 19.8 Å². The van der Waals surface area contributed by atoms with Gasteiger partial charge in [-0.2, -0.15) is 4.98 Å². The lowest BCUT2D eigenvalue weighted by atomic mass is 9.98. The van der Waals surface area contributed by atoms with Crippen molar-refractivity contribution in [2.24, 2.45) is 5.92 Å². The second-order valence-corrected chi connectivity index (χ2v) is 7.20. The highest BCUT2D eigenvalue weighted by Crippen LogP contribution is 2.25. The Kier molecular flexibility index (Phi) is 5.88. The normalized spacial score (nSPS) is 15.5. The predicted molar refractivity (Wildman–Crippen MR) is 101 cm³/mol. The quantitative estimate of drug-likeness (QED) is 0.855. The number of likely N-dealkylation sites (N-methyl/N-ethyl adjacent to an activating group) is 1. The number of rotatable bonds is 6. The first-order chi connectivity index (χ1) is 12.5. The molecule has 0 spiro atoms. The number of aromatic nitrogens is 2. The molecule has 1 fully saturated rings. The van der Waals surface area contributed by atoms with E-state index in [9.17, 15) is 4.79 Å². The van der Waals surface area contributed by atoms with Crippen LogP contribution in [0.15, 0.2) is 28.8 Å². The molecule has 3 rings (SSSR count). The summed E-state index contributed by atoms with van der Waals surface area (Å²) in [7, 11) is 3.90. The van der Waals surface area contributed by atoms with Gasteiger partial charge in [-0.15, -0.1) is 0 Å². The second-order valence-electron chi connectivity index (χ2n) is 7.20. The van der Waals surface area contributed by atoms with Crippen LogP contribution in [-0.4, -0.2) is 61.2 Å². The van der Waals surface area contributed by atoms with Gasteiger partial charge in [0.05, 0.1) is 0 Å². The molecule has 1 aliphatic heterocycles. The van der Waals surface area contributed by atoms with E-state index in [2.05, 4.69) is 39.4 Å². The molecule has 0 bridgehead atoms. The van der Waals surface area contributed by atoms with Crippen molar-refractivity contribution < 1.29 is 9.32 Å². The molecule has 0 radical (unpaired) electrons. The molecule has 1 N–H and O–H groups in total. The average Bonchev–Trinajstić information content (AvgIpc) is 3.12. The lowest BCUT2D eigenvalue weighted by molar-refractivity contribution is 0.0907. The molecule has 0 saturated carbocycles. The van der Waals surface area contributed by atoms with Crippen LogP contribution < -0.4 is 10.2 Å². The highest BCUT2D eigenvalue weighted by molar-refractivity contribution is 5.89. The number of anilines is 1. The largest absolute Gasteiger partial charge is 0.372 e. The van der Waals surface area contributed by atoms with Crippen molar-refractivity contribution in [1.82, 2.24) is 20.4 Å². The van der Waals surface area contributed by atoms with Gasteiger partial charge in [-0.1, -0.05) is 12.1 Å². The van der Waals surface area contributed by atoms with E-state index >= 15 is 0 Å². The topological polar surface area (TPSA) is 74.5 Å². The lowest BCUT2D eigenvalue weighted by Crippen LogP contribution is -2.32. The summed E-state index contributed by atoms with van der Waals surface area (Å²) in [6.07, 6.45) is 2.47. The summed E-state index contributed by atoms with van der Waals surface area (Å²) in [4.78, 5) is 20.6. The number of carbonyl (C=O) groups excluding carboxylic acids is 1. The van der Waals surface area contributed by atoms with E-state index in [1.54, 1.807) is 0 Å². The van der Waals surface area contributed by atoms with Crippen LogP contribution >= 0.6 is 0 Å². The molecule has 1 aliphatic rings. The Hall–Kier alpha value is -2.41. The fourth-order valence-corrected chi connectivity index (χ4v) is 2.99. The zero-order valence-electron chi connectivity index (χ0n) is 15.7. The maximum Gasteiger partial charge on any atom is 0.316 e. The first-order valence-corrected chi connectivity index (χ1v) is 9.15. The summed E-state index contributed by atoms with van der Waals surface area (Å²) in [5.41, 5.74) is 2.06. The number of hydrogen-bond acceptors (Lipinski definition) is 6. The summed E-state index contributed by atoms with van der Waals surface area (Å²) < 4.78 is 5.10. The number of benzene rings is 1. The molecule has 0 atom stereocenters. The molecule has 0 unspecified atom stereocenters. The molecule has 7 nitrogen and oxygen atoms in total. The molecular weight excluding hydrogens is 330 g/mol. The molecule has 1 aromatic carbocycles. The van der Waals surface area contributed by atoms with Crippen LogP contribution in [0.3, 0.4) is 0 Å². The third-order valence-corrected chi connectivity index (χ3v) is 4.74. The van der Waals surface area contributed by atoms with Crippen LogP contribution in [-0.2, 0) is 0 Å². The van der Waals surface area contributed by atoms with Crippen molar-refractivity contribution in [3.8, 4) is 11.4 Å². The van der Waals surface area contributed by atoms with Gasteiger partial charge in [-0.3, -0.25) is 4.79 Å². The summed E-state index contributed by atoms with van der Waals surface area (Å²) >= 11 is 0. The minimum atomic E-state index is -0.343. The minimum absolute atomic E-state index is 0.00662. The van der Waals surface area contributed by atoms with Crippen molar-refractivity contribution in [3.63, 3.8) is 0 Å². The van der Waals surface area contributed by atoms with Crippen LogP contribution in [0.1, 0.15) is 30.5 Å². The summed E-state index contributed by atoms with van der Waals surface area (Å²) in [6.45, 7) is 5.79. The maximum absolute atomic E-state index is 12.0. The van der Waals surface area contributed by atoms with Crippen molar-refractivity contribution in [3.05, 3.63) is 30.2 Å². The fourth-order valence-electron chi connectivity index (χ4n) is 2.99. The van der Waals surface area contributed by atoms with Crippen LogP contribution in [0.5, 0.6) is 0 Å². The summed E-state index contributed by atoms with van der Waals surface area (Å²) in [6, 6.07) is 8.12. The van der Waals surface area contributed by atoms with Gasteiger partial charge in [-0.25, -0.2) is 0 Å². The van der Waals surface area contributed by atoms with Crippen molar-refractivity contribution >= 4 is 11.6 Å². The molecule has 1 saturated heterocycles. The van der Waals surface area contributed by atoms with Crippen LogP contribution in [0.2, 0.25) is 0 Å². The third-order valence-electron chi connectivity index (χ3n) is 4.74. The number of amides is 1. The van der Waals surface area contributed by atoms with E-state index in [-0.39, 0.29) is 11.8 Å². The van der Waals surface area contributed by atoms with E-state index in [1.165, 1.54) is 18.5 Å². The zero-order chi connectivity index (χ0) is 18.5. The molecular formula is C19H27N5O2. The van der Waals surface area contributed by atoms with Gasteiger partial charge in [0.25, 0.3) is 0 Å². The first kappa shape index (κ1) is 18.4. The highest BCUT2D eigenvalue weighted by atomic mass is 16.5. The molecule has 26 heavy (non-hydrogen) atoms. The van der Waals surface area contributed by atoms with E-state index < -0.39 is 0 Å². The molecule has 140 valence electrons. The maximum atomic E-state index is 12.0. The summed E-state index contributed by atoms with van der Waals surface area (Å²) in [5, 5.41) is 6.70. The Labute approximate surface area is 154 Å². The van der Waals surface area contributed by atoms with Gasteiger partial charge < -0.3 is 19.6 Å². The minimum Gasteiger partial charge on any atom is -0.372 e. The number of nitrogens with zero attached hydrogens (tertiary/aromatic N) is 4. The Morgan fingerprint density at radius 2 is 1.96 bits per heavy atom. The molecule has 0 aliphatic carbocycles. The van der Waals surface area contributed by atoms with Gasteiger partial charge in [0.1, 0.15) is 0 Å². The highest BCUT2D eigenvalue weighted by Gasteiger charge is 2.18. The number of piperidine rings is 1. The number of carbonyl (C=O) groups is 1. The van der Waals surface area contributed by atoms with Crippen molar-refractivity contribution in [1.29, 1.82) is 0 Å². The SMILES string of the molecule is CC1CCN(c2ccc(-c3noc(C(=O)NCCN(C)C)n3)cc2)CC1. The second kappa shape index (κ2) is 8.31. The standard InChI is InChI=1S/C19H27N5O2/c1-14-8-11-24(12-9-14)16-6-4-15(5-7-16)17-21-19(26-22-17)18(25)20-10-13-23(2)3/h4-7,14H,8-13H2,1-3H3,(H,20,25). The Morgan fingerprint density at radius 3 is 2.62 bits per heavy atom. The monoisotopic (exact) mass is 357 g/mol. The van der Waals surface area contributed by atoms with Gasteiger partial charge in [0.15, 0.2) is 0 Å². The van der Waals surface area contributed by atoms with E-state index in [0.29, 0.717) is 12.4 Å². The van der Waals surface area contributed by atoms with Gasteiger partial charge in [0, 0.05) is 37.4 Å². The van der Waals surface area contributed by atoms with Crippen LogP contribution in [0.25, 0.3) is 11.4 Å². The molecule has 2 aromatic rings. The first-order valence-electron chi connectivity index (χ1n) is 9.15. The van der Waals surface area contributed by atoms with Crippen molar-refractivity contribution in [2.75, 3.05) is 45.2 Å². The van der Waals surface area contributed by atoms with E-state index in [0.717, 1.165) is 31.1 Å². The Bertz CT molecular complexity index is 718. The predicted octanol–water partition coefficient (Wildman–Crippen LogP) is 2.26. The molecule has 7 heteroatoms. The number of hydrogen-bond donors (Lipinski definition) is 1. The Balaban J connectivity index is 1.61. The molecule has 1 aromatic heterocycles. The molecule has 1 amide bonds. The van der Waals surface area contributed by atoms with E-state index in [4.69, 9.17) is 4.52 Å². The van der Waals surface area contributed by atoms with Crippen LogP contribution in [0.4, 0.5) is 5.69 Å². The van der Waals surface area contributed by atoms with E-state index in [1.807, 2.05) is 31.1 Å². The van der Waals surface area contributed by atoms with Crippen LogP contribution in [0, 0.1) is 5.92 Å². The zero-order valence-corrected chi connectivity index (χ0v) is 15.7.